The van der Waals surface area contributed by atoms with Crippen LogP contribution < -0.4 is 5.32 Å². The largest absolute Gasteiger partial charge is 0.352 e. The maximum absolute atomic E-state index is 14.2. The van der Waals surface area contributed by atoms with E-state index in [-0.39, 0.29) is 41.7 Å². The number of carbonyl (C=O) groups is 2. The topological polar surface area (TPSA) is 49.4 Å². The van der Waals surface area contributed by atoms with Crippen LogP contribution >= 0.6 is 23.4 Å². The van der Waals surface area contributed by atoms with E-state index in [1.54, 1.807) is 18.2 Å². The molecule has 2 atom stereocenters. The lowest BCUT2D eigenvalue weighted by Gasteiger charge is -2.32. The molecule has 4 nitrogen and oxygen atoms in total. The third-order valence-corrected chi connectivity index (χ3v) is 7.37. The number of halogens is 3. The van der Waals surface area contributed by atoms with Gasteiger partial charge in [-0.2, -0.15) is 0 Å². The van der Waals surface area contributed by atoms with Gasteiger partial charge in [0.1, 0.15) is 17.7 Å². The summed E-state index contributed by atoms with van der Waals surface area (Å²) in [4.78, 5) is 28.6. The van der Waals surface area contributed by atoms with Crippen molar-refractivity contribution in [3.63, 3.8) is 0 Å². The van der Waals surface area contributed by atoms with Gasteiger partial charge in [0.2, 0.25) is 11.8 Å². The first-order valence-corrected chi connectivity index (χ1v) is 13.7. The number of carbonyl (C=O) groups excluding carboxylic acids is 2. The van der Waals surface area contributed by atoms with E-state index < -0.39 is 11.9 Å². The van der Waals surface area contributed by atoms with E-state index in [1.807, 2.05) is 44.2 Å². The number of nitrogens with zero attached hydrogens (tertiary/aromatic N) is 1. The predicted molar refractivity (Wildman–Crippen MR) is 146 cm³/mol. The van der Waals surface area contributed by atoms with Crippen molar-refractivity contribution in [3.8, 4) is 0 Å². The van der Waals surface area contributed by atoms with E-state index in [0.717, 1.165) is 12.0 Å². The van der Waals surface area contributed by atoms with Crippen LogP contribution in [0.15, 0.2) is 72.8 Å². The molecule has 0 aliphatic carbocycles. The minimum absolute atomic E-state index is 0.0216. The van der Waals surface area contributed by atoms with Gasteiger partial charge in [0.05, 0.1) is 5.75 Å². The number of nitrogens with one attached hydrogen (secondary N) is 1. The Kier molecular flexibility index (Phi) is 11.0. The van der Waals surface area contributed by atoms with E-state index in [2.05, 4.69) is 5.32 Å². The molecule has 0 saturated carbocycles. The molecule has 0 bridgehead atoms. The molecule has 0 radical (unpaired) electrons. The molecular formula is C29H31ClF2N2O2S. The third kappa shape index (κ3) is 8.58. The molecule has 0 heterocycles. The molecule has 196 valence electrons. The number of thioether (sulfide) groups is 1. The van der Waals surface area contributed by atoms with Crippen LogP contribution in [0.5, 0.6) is 0 Å². The highest BCUT2D eigenvalue weighted by Gasteiger charge is 2.31. The third-order valence-electron chi connectivity index (χ3n) is 6.07. The minimum Gasteiger partial charge on any atom is -0.352 e. The highest BCUT2D eigenvalue weighted by molar-refractivity contribution is 7.99. The van der Waals surface area contributed by atoms with Crippen LogP contribution in [0.1, 0.15) is 37.0 Å². The Bertz CT molecular complexity index is 1160. The first-order valence-electron chi connectivity index (χ1n) is 12.2. The summed E-state index contributed by atoms with van der Waals surface area (Å²) in [5.74, 6) is -1.10. The number of benzene rings is 3. The molecule has 3 rings (SSSR count). The molecule has 1 N–H and O–H groups in total. The van der Waals surface area contributed by atoms with E-state index in [1.165, 1.54) is 40.9 Å². The first kappa shape index (κ1) is 28.7. The summed E-state index contributed by atoms with van der Waals surface area (Å²) < 4.78 is 27.8. The van der Waals surface area contributed by atoms with Crippen molar-refractivity contribution in [2.45, 2.75) is 51.1 Å². The summed E-state index contributed by atoms with van der Waals surface area (Å²) >= 11 is 7.37. The zero-order valence-corrected chi connectivity index (χ0v) is 22.5. The number of hydrogen-bond acceptors (Lipinski definition) is 3. The van der Waals surface area contributed by atoms with Crippen molar-refractivity contribution >= 4 is 35.2 Å². The molecule has 8 heteroatoms. The van der Waals surface area contributed by atoms with Gasteiger partial charge in [-0.15, -0.1) is 11.8 Å². The molecule has 0 unspecified atom stereocenters. The smallest absolute Gasteiger partial charge is 0.243 e. The average molecular weight is 545 g/mol. The van der Waals surface area contributed by atoms with Crippen LogP contribution in [-0.2, 0) is 28.3 Å². The van der Waals surface area contributed by atoms with Gasteiger partial charge in [0, 0.05) is 35.3 Å². The lowest BCUT2D eigenvalue weighted by molar-refractivity contribution is -0.139. The van der Waals surface area contributed by atoms with Crippen LogP contribution in [0.3, 0.4) is 0 Å². The van der Waals surface area contributed by atoms with Crippen LogP contribution in [0, 0.1) is 11.6 Å². The molecule has 3 aromatic carbocycles. The second-order valence-corrected chi connectivity index (χ2v) is 10.3. The molecule has 0 aromatic heterocycles. The normalized spacial score (nSPS) is 12.6. The summed E-state index contributed by atoms with van der Waals surface area (Å²) in [5, 5.41) is 3.31. The summed E-state index contributed by atoms with van der Waals surface area (Å²) in [6, 6.07) is 19.0. The predicted octanol–water partition coefficient (Wildman–Crippen LogP) is 6.41. The summed E-state index contributed by atoms with van der Waals surface area (Å²) in [5.41, 5.74) is 1.95. The zero-order chi connectivity index (χ0) is 26.8. The fourth-order valence-corrected chi connectivity index (χ4v) is 5.02. The van der Waals surface area contributed by atoms with E-state index >= 15 is 0 Å². The number of hydrogen-bond donors (Lipinski definition) is 1. The Morgan fingerprint density at radius 1 is 0.973 bits per heavy atom. The monoisotopic (exact) mass is 544 g/mol. The Morgan fingerprint density at radius 3 is 2.32 bits per heavy atom. The number of rotatable bonds is 12. The molecule has 2 amide bonds. The number of amides is 2. The van der Waals surface area contributed by atoms with Crippen LogP contribution in [0.4, 0.5) is 8.78 Å². The zero-order valence-electron chi connectivity index (χ0n) is 20.9. The maximum atomic E-state index is 14.2. The Hall–Kier alpha value is -2.90. The highest BCUT2D eigenvalue weighted by atomic mass is 35.5. The van der Waals surface area contributed by atoms with E-state index in [4.69, 9.17) is 11.6 Å². The lowest BCUT2D eigenvalue weighted by atomic mass is 10.0. The van der Waals surface area contributed by atoms with Gasteiger partial charge in [-0.05, 0) is 48.7 Å². The van der Waals surface area contributed by atoms with Gasteiger partial charge >= 0.3 is 0 Å². The Labute approximate surface area is 226 Å². The van der Waals surface area contributed by atoms with Crippen LogP contribution in [-0.4, -0.2) is 34.6 Å². The molecule has 0 aliphatic rings. The molecule has 0 fully saturated rings. The summed E-state index contributed by atoms with van der Waals surface area (Å²) in [6.07, 6.45) is 1.06. The van der Waals surface area contributed by atoms with Crippen LogP contribution in [0.25, 0.3) is 0 Å². The Balaban J connectivity index is 1.87. The molecular weight excluding hydrogens is 514 g/mol. The van der Waals surface area contributed by atoms with Crippen molar-refractivity contribution in [3.05, 3.63) is 106 Å². The van der Waals surface area contributed by atoms with Crippen molar-refractivity contribution in [2.24, 2.45) is 0 Å². The van der Waals surface area contributed by atoms with Gasteiger partial charge in [0.25, 0.3) is 0 Å². The molecule has 3 aromatic rings. The quantitative estimate of drug-likeness (QED) is 0.287. The van der Waals surface area contributed by atoms with Gasteiger partial charge in [-0.3, -0.25) is 9.59 Å². The van der Waals surface area contributed by atoms with Crippen molar-refractivity contribution in [1.29, 1.82) is 0 Å². The lowest BCUT2D eigenvalue weighted by Crippen LogP contribution is -2.52. The van der Waals surface area contributed by atoms with E-state index in [9.17, 15) is 18.4 Å². The fourth-order valence-electron chi connectivity index (χ4n) is 3.78. The molecule has 0 spiro atoms. The minimum atomic E-state index is -0.786. The average Bonchev–Trinajstić information content (AvgIpc) is 2.89. The summed E-state index contributed by atoms with van der Waals surface area (Å²) in [6.45, 7) is 4.02. The van der Waals surface area contributed by atoms with Crippen molar-refractivity contribution in [1.82, 2.24) is 10.2 Å². The van der Waals surface area contributed by atoms with Gasteiger partial charge in [-0.25, -0.2) is 8.78 Å². The van der Waals surface area contributed by atoms with Crippen LogP contribution in [0.2, 0.25) is 5.02 Å². The highest BCUT2D eigenvalue weighted by Crippen LogP contribution is 2.25. The molecule has 37 heavy (non-hydrogen) atoms. The van der Waals surface area contributed by atoms with Gasteiger partial charge in [-0.1, -0.05) is 67.1 Å². The van der Waals surface area contributed by atoms with Gasteiger partial charge in [0.15, 0.2) is 0 Å². The van der Waals surface area contributed by atoms with Gasteiger partial charge < -0.3 is 10.2 Å². The second-order valence-electron chi connectivity index (χ2n) is 8.86. The fraction of sp³-hybridized carbons (Fsp3) is 0.310. The first-order chi connectivity index (χ1) is 17.8. The van der Waals surface area contributed by atoms with Crippen molar-refractivity contribution < 1.29 is 18.4 Å². The van der Waals surface area contributed by atoms with Crippen molar-refractivity contribution in [2.75, 3.05) is 5.75 Å². The van der Waals surface area contributed by atoms with E-state index in [0.29, 0.717) is 22.6 Å². The second kappa shape index (κ2) is 14.1. The maximum Gasteiger partial charge on any atom is 0.243 e. The molecule has 0 saturated heterocycles. The Morgan fingerprint density at radius 2 is 1.68 bits per heavy atom. The molecule has 0 aliphatic heterocycles. The standard InChI is InChI=1S/C29H31ClF2N2O2S/c1-3-20(2)33-29(36)27(16-21-8-5-4-6-9-21)34(17-22-12-14-23(31)15-13-22)28(35)19-37-18-24-25(30)10-7-11-26(24)32/h4-15,20,27H,3,16-19H2,1-2H3,(H,33,36)/t20-,27-/m0/s1. The SMILES string of the molecule is CC[C@H](C)NC(=O)[C@H](Cc1ccccc1)N(Cc1ccc(F)cc1)C(=O)CSCc1c(F)cccc1Cl. The summed E-state index contributed by atoms with van der Waals surface area (Å²) in [7, 11) is 0.